The Hall–Kier alpha value is -2.34. The van der Waals surface area contributed by atoms with Gasteiger partial charge in [-0.3, -0.25) is 4.79 Å². The second-order valence-electron chi connectivity index (χ2n) is 3.84. The molecule has 1 N–H and O–H groups in total. The summed E-state index contributed by atoms with van der Waals surface area (Å²) in [4.78, 5) is 23.9. The van der Waals surface area contributed by atoms with E-state index in [-0.39, 0.29) is 5.91 Å². The lowest BCUT2D eigenvalue weighted by atomic mass is 10.2. The van der Waals surface area contributed by atoms with Crippen molar-refractivity contribution in [1.82, 2.24) is 0 Å². The molecule has 104 valence electrons. The summed E-state index contributed by atoms with van der Waals surface area (Å²) in [6.07, 6.45) is 0. The van der Waals surface area contributed by atoms with Crippen LogP contribution >= 0.6 is 11.3 Å². The van der Waals surface area contributed by atoms with Crippen LogP contribution in [0.3, 0.4) is 0 Å². The van der Waals surface area contributed by atoms with Crippen molar-refractivity contribution >= 4 is 28.9 Å². The van der Waals surface area contributed by atoms with Crippen molar-refractivity contribution in [3.05, 3.63) is 46.2 Å². The van der Waals surface area contributed by atoms with Gasteiger partial charge in [0.15, 0.2) is 0 Å². The number of carbonyl (C=O) groups is 2. The second kappa shape index (κ2) is 6.21. The Labute approximate surface area is 120 Å². The first kappa shape index (κ1) is 14.1. The van der Waals surface area contributed by atoms with Crippen molar-refractivity contribution in [1.29, 1.82) is 0 Å². The molecule has 0 atom stereocenters. The van der Waals surface area contributed by atoms with Crippen molar-refractivity contribution < 1.29 is 19.1 Å². The van der Waals surface area contributed by atoms with Gasteiger partial charge in [0.2, 0.25) is 0 Å². The predicted octanol–water partition coefficient (Wildman–Crippen LogP) is 2.80. The van der Waals surface area contributed by atoms with E-state index in [1.165, 1.54) is 25.6 Å². The maximum Gasteiger partial charge on any atom is 0.337 e. The van der Waals surface area contributed by atoms with Crippen LogP contribution in [0.5, 0.6) is 5.75 Å². The molecule has 0 radical (unpaired) electrons. The Morgan fingerprint density at radius 3 is 2.40 bits per heavy atom. The van der Waals surface area contributed by atoms with Gasteiger partial charge in [-0.1, -0.05) is 0 Å². The molecule has 20 heavy (non-hydrogen) atoms. The van der Waals surface area contributed by atoms with Gasteiger partial charge < -0.3 is 14.8 Å². The number of esters is 1. The molecule has 1 heterocycles. The normalized spacial score (nSPS) is 9.90. The first-order chi connectivity index (χ1) is 9.65. The lowest BCUT2D eigenvalue weighted by molar-refractivity contribution is 0.0600. The molecule has 2 aromatic rings. The van der Waals surface area contributed by atoms with Gasteiger partial charge in [0.05, 0.1) is 19.8 Å². The fourth-order valence-electron chi connectivity index (χ4n) is 1.62. The molecule has 0 fully saturated rings. The maximum atomic E-state index is 12.1. The number of ether oxygens (including phenoxy) is 2. The van der Waals surface area contributed by atoms with Crippen molar-refractivity contribution in [3.63, 3.8) is 0 Å². The number of benzene rings is 1. The molecule has 0 saturated carbocycles. The second-order valence-corrected chi connectivity index (χ2v) is 4.76. The number of nitrogens with one attached hydrogen (secondary N) is 1. The molecule has 5 nitrogen and oxygen atoms in total. The van der Waals surface area contributed by atoms with Crippen LogP contribution in [0, 0.1) is 0 Å². The van der Waals surface area contributed by atoms with Crippen LogP contribution in [0.25, 0.3) is 0 Å². The van der Waals surface area contributed by atoms with Gasteiger partial charge in [-0.15, -0.1) is 11.3 Å². The van der Waals surface area contributed by atoms with Crippen LogP contribution in [0.15, 0.2) is 35.7 Å². The van der Waals surface area contributed by atoms with E-state index in [4.69, 9.17) is 4.74 Å². The molecule has 0 aliphatic heterocycles. The number of thiophene rings is 1. The Balaban J connectivity index is 2.10. The molecule has 2 rings (SSSR count). The number of amides is 1. The highest BCUT2D eigenvalue weighted by atomic mass is 32.1. The standard InChI is InChI=1S/C14H13NO4S/c1-18-11-7-8-20-12(11)13(16)15-10-5-3-9(4-6-10)14(17)19-2/h3-8H,1-2H3,(H,15,16). The minimum absolute atomic E-state index is 0.248. The summed E-state index contributed by atoms with van der Waals surface area (Å²) >= 11 is 1.30. The van der Waals surface area contributed by atoms with Gasteiger partial charge >= 0.3 is 5.97 Å². The molecule has 6 heteroatoms. The molecule has 1 amide bonds. The van der Waals surface area contributed by atoms with Crippen LogP contribution in [0.1, 0.15) is 20.0 Å². The van der Waals surface area contributed by atoms with E-state index in [0.29, 0.717) is 21.9 Å². The highest BCUT2D eigenvalue weighted by Crippen LogP contribution is 2.25. The Bertz CT molecular complexity index is 618. The minimum Gasteiger partial charge on any atom is -0.495 e. The Kier molecular flexibility index (Phi) is 4.37. The smallest absolute Gasteiger partial charge is 0.337 e. The molecule has 0 saturated heterocycles. The quantitative estimate of drug-likeness (QED) is 0.880. The first-order valence-electron chi connectivity index (χ1n) is 5.77. The van der Waals surface area contributed by atoms with Crippen LogP contribution in [-0.2, 0) is 4.74 Å². The fraction of sp³-hybridized carbons (Fsp3) is 0.143. The lowest BCUT2D eigenvalue weighted by Gasteiger charge is -2.06. The molecule has 0 spiro atoms. The zero-order chi connectivity index (χ0) is 14.5. The highest BCUT2D eigenvalue weighted by molar-refractivity contribution is 7.12. The molecule has 0 aliphatic rings. The van der Waals surface area contributed by atoms with Gasteiger partial charge in [-0.05, 0) is 35.7 Å². The summed E-state index contributed by atoms with van der Waals surface area (Å²) in [5.41, 5.74) is 1.03. The van der Waals surface area contributed by atoms with Crippen LogP contribution in [-0.4, -0.2) is 26.1 Å². The van der Waals surface area contributed by atoms with Gasteiger partial charge in [0.25, 0.3) is 5.91 Å². The third-order valence-corrected chi connectivity index (χ3v) is 3.51. The van der Waals surface area contributed by atoms with Crippen molar-refractivity contribution in [2.45, 2.75) is 0 Å². The molecule has 1 aromatic carbocycles. The van der Waals surface area contributed by atoms with Gasteiger partial charge in [-0.2, -0.15) is 0 Å². The summed E-state index contributed by atoms with van der Waals surface area (Å²) in [5, 5.41) is 4.53. The van der Waals surface area contributed by atoms with E-state index in [0.717, 1.165) is 0 Å². The van der Waals surface area contributed by atoms with Crippen LogP contribution in [0.4, 0.5) is 5.69 Å². The number of hydrogen-bond donors (Lipinski definition) is 1. The monoisotopic (exact) mass is 291 g/mol. The summed E-state index contributed by atoms with van der Waals surface area (Å²) in [6, 6.07) is 8.20. The number of anilines is 1. The topological polar surface area (TPSA) is 64.6 Å². The third kappa shape index (κ3) is 2.97. The SMILES string of the molecule is COC(=O)c1ccc(NC(=O)c2sccc2OC)cc1. The molecule has 1 aromatic heterocycles. The van der Waals surface area contributed by atoms with E-state index in [9.17, 15) is 9.59 Å². The Morgan fingerprint density at radius 2 is 1.80 bits per heavy atom. The predicted molar refractivity (Wildman–Crippen MR) is 76.6 cm³/mol. The Morgan fingerprint density at radius 1 is 1.10 bits per heavy atom. The van der Waals surface area contributed by atoms with E-state index < -0.39 is 5.97 Å². The number of rotatable bonds is 4. The lowest BCUT2D eigenvalue weighted by Crippen LogP contribution is -2.11. The minimum atomic E-state index is -0.414. The molecular formula is C14H13NO4S. The average Bonchev–Trinajstić information content (AvgIpc) is 2.95. The number of hydrogen-bond acceptors (Lipinski definition) is 5. The first-order valence-corrected chi connectivity index (χ1v) is 6.65. The van der Waals surface area contributed by atoms with Gasteiger partial charge in [-0.25, -0.2) is 4.79 Å². The summed E-state index contributed by atoms with van der Waals surface area (Å²) in [5.74, 6) is -0.121. The van der Waals surface area contributed by atoms with Crippen molar-refractivity contribution in [2.24, 2.45) is 0 Å². The summed E-state index contributed by atoms with van der Waals surface area (Å²) in [6.45, 7) is 0. The van der Waals surface area contributed by atoms with Crippen molar-refractivity contribution in [2.75, 3.05) is 19.5 Å². The highest BCUT2D eigenvalue weighted by Gasteiger charge is 2.14. The average molecular weight is 291 g/mol. The fourth-order valence-corrected chi connectivity index (χ4v) is 2.37. The summed E-state index contributed by atoms with van der Waals surface area (Å²) in [7, 11) is 2.84. The van der Waals surface area contributed by atoms with E-state index in [1.54, 1.807) is 35.7 Å². The molecule has 0 unspecified atom stereocenters. The molecule has 0 aliphatic carbocycles. The number of carbonyl (C=O) groups excluding carboxylic acids is 2. The van der Waals surface area contributed by atoms with Crippen LogP contribution < -0.4 is 10.1 Å². The zero-order valence-electron chi connectivity index (χ0n) is 11.0. The van der Waals surface area contributed by atoms with Crippen LogP contribution in [0.2, 0.25) is 0 Å². The number of methoxy groups -OCH3 is 2. The van der Waals surface area contributed by atoms with E-state index in [1.807, 2.05) is 0 Å². The largest absolute Gasteiger partial charge is 0.495 e. The van der Waals surface area contributed by atoms with Gasteiger partial charge in [0, 0.05) is 5.69 Å². The third-order valence-electron chi connectivity index (χ3n) is 2.62. The zero-order valence-corrected chi connectivity index (χ0v) is 11.8. The molecule has 0 bridgehead atoms. The summed E-state index contributed by atoms with van der Waals surface area (Å²) < 4.78 is 9.70. The molecular weight excluding hydrogens is 278 g/mol. The van der Waals surface area contributed by atoms with Crippen molar-refractivity contribution in [3.8, 4) is 5.75 Å². The van der Waals surface area contributed by atoms with E-state index in [2.05, 4.69) is 10.1 Å². The van der Waals surface area contributed by atoms with E-state index >= 15 is 0 Å². The maximum absolute atomic E-state index is 12.1. The van der Waals surface area contributed by atoms with Gasteiger partial charge in [0.1, 0.15) is 10.6 Å².